The maximum atomic E-state index is 12.7. The number of aliphatic hydroxyl groups is 1. The van der Waals surface area contributed by atoms with Crippen LogP contribution in [0.25, 0.3) is 0 Å². The Balaban J connectivity index is 1.58. The number of aliphatic hydroxyl groups excluding tert-OH is 1. The number of likely N-dealkylation sites (tertiary alicyclic amines) is 1. The van der Waals surface area contributed by atoms with E-state index < -0.39 is 0 Å². The van der Waals surface area contributed by atoms with Gasteiger partial charge in [-0.05, 0) is 37.1 Å². The minimum atomic E-state index is -0.303. The van der Waals surface area contributed by atoms with Crippen LogP contribution in [0.4, 0.5) is 4.39 Å². The average Bonchev–Trinajstić information content (AvgIpc) is 2.48. The predicted molar refractivity (Wildman–Crippen MR) is 76.6 cm³/mol. The van der Waals surface area contributed by atoms with Gasteiger partial charge in [-0.15, -0.1) is 0 Å². The Morgan fingerprint density at radius 3 is 2.67 bits per heavy atom. The van der Waals surface area contributed by atoms with Crippen LogP contribution in [0.15, 0.2) is 24.3 Å². The standard InChI is InChI=1S/C15H21FN2O3/c16-12-1-3-14(4-2-12)21-10-7-17-15(20)11-18-8-5-13(19)6-9-18/h1-4,13,19H,5-11H2,(H,17,20). The topological polar surface area (TPSA) is 61.8 Å². The summed E-state index contributed by atoms with van der Waals surface area (Å²) in [5.74, 6) is 0.229. The van der Waals surface area contributed by atoms with Crippen molar-refractivity contribution in [2.24, 2.45) is 0 Å². The quantitative estimate of drug-likeness (QED) is 0.762. The lowest BCUT2D eigenvalue weighted by Crippen LogP contribution is -2.43. The first-order valence-electron chi connectivity index (χ1n) is 7.19. The smallest absolute Gasteiger partial charge is 0.234 e. The van der Waals surface area contributed by atoms with Gasteiger partial charge in [0.15, 0.2) is 0 Å². The van der Waals surface area contributed by atoms with Gasteiger partial charge in [0.05, 0.1) is 19.2 Å². The van der Waals surface area contributed by atoms with Crippen molar-refractivity contribution in [2.45, 2.75) is 18.9 Å². The number of hydrogen-bond donors (Lipinski definition) is 2. The van der Waals surface area contributed by atoms with Crippen molar-refractivity contribution in [1.82, 2.24) is 10.2 Å². The molecule has 0 aliphatic carbocycles. The van der Waals surface area contributed by atoms with Crippen molar-refractivity contribution >= 4 is 5.91 Å². The molecular formula is C15H21FN2O3. The van der Waals surface area contributed by atoms with E-state index in [9.17, 15) is 14.3 Å². The van der Waals surface area contributed by atoms with Crippen molar-refractivity contribution in [1.29, 1.82) is 0 Å². The number of carbonyl (C=O) groups is 1. The third-order valence-electron chi connectivity index (χ3n) is 3.43. The maximum Gasteiger partial charge on any atom is 0.234 e. The number of benzene rings is 1. The van der Waals surface area contributed by atoms with Crippen molar-refractivity contribution in [2.75, 3.05) is 32.8 Å². The lowest BCUT2D eigenvalue weighted by Gasteiger charge is -2.28. The highest BCUT2D eigenvalue weighted by atomic mass is 19.1. The fraction of sp³-hybridized carbons (Fsp3) is 0.533. The molecule has 1 saturated heterocycles. The van der Waals surface area contributed by atoms with Crippen LogP contribution in [-0.2, 0) is 4.79 Å². The molecule has 5 nitrogen and oxygen atoms in total. The number of halogens is 1. The molecule has 1 aromatic carbocycles. The largest absolute Gasteiger partial charge is 0.492 e. The first-order chi connectivity index (χ1) is 10.1. The SMILES string of the molecule is O=C(CN1CCC(O)CC1)NCCOc1ccc(F)cc1. The molecule has 116 valence electrons. The first kappa shape index (κ1) is 15.7. The summed E-state index contributed by atoms with van der Waals surface area (Å²) in [6.45, 7) is 2.60. The van der Waals surface area contributed by atoms with Crippen molar-refractivity contribution in [3.05, 3.63) is 30.1 Å². The molecular weight excluding hydrogens is 275 g/mol. The van der Waals surface area contributed by atoms with Crippen LogP contribution in [0.2, 0.25) is 0 Å². The van der Waals surface area contributed by atoms with E-state index in [2.05, 4.69) is 5.32 Å². The average molecular weight is 296 g/mol. The van der Waals surface area contributed by atoms with Gasteiger partial charge in [0, 0.05) is 13.1 Å². The summed E-state index contributed by atoms with van der Waals surface area (Å²) in [5.41, 5.74) is 0. The van der Waals surface area contributed by atoms with Gasteiger partial charge < -0.3 is 15.2 Å². The Labute approximate surface area is 123 Å². The molecule has 0 bridgehead atoms. The number of hydrogen-bond acceptors (Lipinski definition) is 4. The molecule has 0 radical (unpaired) electrons. The Bertz CT molecular complexity index is 445. The van der Waals surface area contributed by atoms with E-state index in [0.29, 0.717) is 25.4 Å². The van der Waals surface area contributed by atoms with E-state index in [1.165, 1.54) is 12.1 Å². The number of nitrogens with zero attached hydrogens (tertiary/aromatic N) is 1. The molecule has 1 aliphatic rings. The van der Waals surface area contributed by atoms with E-state index >= 15 is 0 Å². The van der Waals surface area contributed by atoms with Gasteiger partial charge in [-0.3, -0.25) is 9.69 Å². The Hall–Kier alpha value is -1.66. The number of amides is 1. The summed E-state index contributed by atoms with van der Waals surface area (Å²) in [5, 5.41) is 12.2. The second-order valence-electron chi connectivity index (χ2n) is 5.16. The molecule has 1 heterocycles. The van der Waals surface area contributed by atoms with E-state index in [1.807, 2.05) is 4.90 Å². The molecule has 0 saturated carbocycles. The molecule has 6 heteroatoms. The van der Waals surface area contributed by atoms with E-state index in [0.717, 1.165) is 25.9 Å². The third-order valence-corrected chi connectivity index (χ3v) is 3.43. The third kappa shape index (κ3) is 5.69. The molecule has 1 aliphatic heterocycles. The van der Waals surface area contributed by atoms with Gasteiger partial charge >= 0.3 is 0 Å². The summed E-state index contributed by atoms with van der Waals surface area (Å²) in [6.07, 6.45) is 1.22. The Morgan fingerprint density at radius 2 is 2.00 bits per heavy atom. The molecule has 1 fully saturated rings. The molecule has 1 aromatic rings. The fourth-order valence-electron chi connectivity index (χ4n) is 2.23. The van der Waals surface area contributed by atoms with Crippen LogP contribution in [-0.4, -0.2) is 54.8 Å². The van der Waals surface area contributed by atoms with Crippen molar-refractivity contribution in [3.63, 3.8) is 0 Å². The van der Waals surface area contributed by atoms with Gasteiger partial charge in [-0.25, -0.2) is 4.39 Å². The van der Waals surface area contributed by atoms with Crippen LogP contribution in [0.3, 0.4) is 0 Å². The van der Waals surface area contributed by atoms with E-state index in [4.69, 9.17) is 4.74 Å². The van der Waals surface area contributed by atoms with Crippen LogP contribution in [0.1, 0.15) is 12.8 Å². The number of carbonyl (C=O) groups excluding carboxylic acids is 1. The summed E-state index contributed by atoms with van der Waals surface area (Å²) >= 11 is 0. The monoisotopic (exact) mass is 296 g/mol. The summed E-state index contributed by atoms with van der Waals surface area (Å²) < 4.78 is 18.1. The molecule has 0 aromatic heterocycles. The van der Waals surface area contributed by atoms with Crippen LogP contribution >= 0.6 is 0 Å². The zero-order valence-electron chi connectivity index (χ0n) is 11.9. The van der Waals surface area contributed by atoms with Gasteiger partial charge in [0.1, 0.15) is 18.2 Å². The first-order valence-corrected chi connectivity index (χ1v) is 7.19. The zero-order chi connectivity index (χ0) is 15.1. The molecule has 2 N–H and O–H groups in total. The fourth-order valence-corrected chi connectivity index (χ4v) is 2.23. The summed E-state index contributed by atoms with van der Waals surface area (Å²) in [6, 6.07) is 5.77. The number of piperidine rings is 1. The maximum absolute atomic E-state index is 12.7. The second kappa shape index (κ2) is 7.95. The highest BCUT2D eigenvalue weighted by molar-refractivity contribution is 5.78. The molecule has 2 rings (SSSR count). The van der Waals surface area contributed by atoms with E-state index in [-0.39, 0.29) is 17.8 Å². The van der Waals surface area contributed by atoms with Crippen LogP contribution < -0.4 is 10.1 Å². The lowest BCUT2D eigenvalue weighted by atomic mass is 10.1. The molecule has 21 heavy (non-hydrogen) atoms. The van der Waals surface area contributed by atoms with Crippen LogP contribution in [0, 0.1) is 5.82 Å². The van der Waals surface area contributed by atoms with E-state index in [1.54, 1.807) is 12.1 Å². The number of rotatable bonds is 6. The molecule has 0 unspecified atom stereocenters. The van der Waals surface area contributed by atoms with Gasteiger partial charge in [-0.1, -0.05) is 0 Å². The Kier molecular flexibility index (Phi) is 5.95. The Morgan fingerprint density at radius 1 is 1.33 bits per heavy atom. The highest BCUT2D eigenvalue weighted by Crippen LogP contribution is 2.10. The second-order valence-corrected chi connectivity index (χ2v) is 5.16. The predicted octanol–water partition coefficient (Wildman–Crippen LogP) is 0.777. The summed E-state index contributed by atoms with van der Waals surface area (Å²) in [7, 11) is 0. The molecule has 0 atom stereocenters. The lowest BCUT2D eigenvalue weighted by molar-refractivity contribution is -0.122. The zero-order valence-corrected chi connectivity index (χ0v) is 11.9. The number of ether oxygens (including phenoxy) is 1. The molecule has 0 spiro atoms. The van der Waals surface area contributed by atoms with Crippen LogP contribution in [0.5, 0.6) is 5.75 Å². The van der Waals surface area contributed by atoms with Crippen molar-refractivity contribution in [3.8, 4) is 5.75 Å². The summed E-state index contributed by atoms with van der Waals surface area (Å²) in [4.78, 5) is 13.8. The molecule has 1 amide bonds. The normalized spacial score (nSPS) is 16.7. The van der Waals surface area contributed by atoms with Gasteiger partial charge in [0.25, 0.3) is 0 Å². The van der Waals surface area contributed by atoms with Crippen molar-refractivity contribution < 1.29 is 19.0 Å². The van der Waals surface area contributed by atoms with Gasteiger partial charge in [-0.2, -0.15) is 0 Å². The van der Waals surface area contributed by atoms with Gasteiger partial charge in [0.2, 0.25) is 5.91 Å². The number of nitrogens with one attached hydrogen (secondary N) is 1. The minimum absolute atomic E-state index is 0.0471. The highest BCUT2D eigenvalue weighted by Gasteiger charge is 2.18. The minimum Gasteiger partial charge on any atom is -0.492 e.